The lowest BCUT2D eigenvalue weighted by Crippen LogP contribution is -2.32. The lowest BCUT2D eigenvalue weighted by molar-refractivity contribution is -0.121. The van der Waals surface area contributed by atoms with Crippen LogP contribution in [0.1, 0.15) is 28.1 Å². The summed E-state index contributed by atoms with van der Waals surface area (Å²) >= 11 is 0. The molecule has 8 heteroatoms. The minimum absolute atomic E-state index is 0.0734. The normalized spacial score (nSPS) is 11.8. The van der Waals surface area contributed by atoms with E-state index in [4.69, 9.17) is 21.0 Å². The van der Waals surface area contributed by atoms with Crippen LogP contribution in [0.3, 0.4) is 0 Å². The van der Waals surface area contributed by atoms with Gasteiger partial charge in [0.05, 0.1) is 17.8 Å². The second kappa shape index (κ2) is 9.03. The summed E-state index contributed by atoms with van der Waals surface area (Å²) in [6.07, 6.45) is 3.43. The second-order valence-corrected chi connectivity index (χ2v) is 6.65. The number of pyridine rings is 1. The summed E-state index contributed by atoms with van der Waals surface area (Å²) in [7, 11) is 0. The van der Waals surface area contributed by atoms with Gasteiger partial charge in [-0.25, -0.2) is 4.79 Å². The Morgan fingerprint density at radius 1 is 1.14 bits per heavy atom. The molecule has 1 aromatic carbocycles. The Bertz CT molecular complexity index is 1000. The molecule has 0 saturated carbocycles. The van der Waals surface area contributed by atoms with Crippen LogP contribution in [0.4, 0.5) is 5.69 Å². The molecular formula is C21H22N4O4. The molecule has 0 aliphatic rings. The smallest absolute Gasteiger partial charge is 0.339 e. The summed E-state index contributed by atoms with van der Waals surface area (Å²) in [5.74, 6) is -0.462. The molecule has 2 aromatic heterocycles. The van der Waals surface area contributed by atoms with Crippen molar-refractivity contribution in [3.63, 3.8) is 0 Å². The highest BCUT2D eigenvalue weighted by atomic mass is 16.4. The molecule has 0 bridgehead atoms. The van der Waals surface area contributed by atoms with Crippen LogP contribution >= 0.6 is 0 Å². The maximum absolute atomic E-state index is 12.1. The summed E-state index contributed by atoms with van der Waals surface area (Å²) in [5, 5.41) is 11.9. The number of carboxylic acids is 1. The summed E-state index contributed by atoms with van der Waals surface area (Å²) < 4.78 is 5.68. The van der Waals surface area contributed by atoms with Gasteiger partial charge < -0.3 is 26.3 Å². The minimum Gasteiger partial charge on any atom is -0.478 e. The number of nitrogens with one attached hydrogen (secondary N) is 1. The molecule has 150 valence electrons. The van der Waals surface area contributed by atoms with Gasteiger partial charge >= 0.3 is 5.97 Å². The number of rotatable bonds is 8. The van der Waals surface area contributed by atoms with E-state index in [0.29, 0.717) is 23.5 Å². The number of nitrogen functional groups attached to an aromatic ring is 1. The van der Waals surface area contributed by atoms with Crippen molar-refractivity contribution in [2.45, 2.75) is 25.4 Å². The summed E-state index contributed by atoms with van der Waals surface area (Å²) in [5.41, 5.74) is 13.4. The van der Waals surface area contributed by atoms with Crippen LogP contribution < -0.4 is 16.8 Å². The average Bonchev–Trinajstić information content (AvgIpc) is 3.16. The number of anilines is 1. The third-order valence-corrected chi connectivity index (χ3v) is 4.39. The molecular weight excluding hydrogens is 372 g/mol. The third kappa shape index (κ3) is 5.20. The first-order valence-electron chi connectivity index (χ1n) is 9.06. The van der Waals surface area contributed by atoms with Crippen LogP contribution in [-0.2, 0) is 17.8 Å². The highest BCUT2D eigenvalue weighted by molar-refractivity contribution is 5.97. The monoisotopic (exact) mass is 394 g/mol. The van der Waals surface area contributed by atoms with Gasteiger partial charge in [-0.1, -0.05) is 30.3 Å². The van der Waals surface area contributed by atoms with Gasteiger partial charge in [-0.05, 0) is 24.1 Å². The van der Waals surface area contributed by atoms with Crippen LogP contribution in [-0.4, -0.2) is 28.0 Å². The van der Waals surface area contributed by atoms with E-state index in [2.05, 4.69) is 10.3 Å². The number of nitrogens with two attached hydrogens (primary N) is 2. The van der Waals surface area contributed by atoms with Gasteiger partial charge in [0.1, 0.15) is 17.1 Å². The fraction of sp³-hybridized carbons (Fsp3) is 0.190. The van der Waals surface area contributed by atoms with Crippen molar-refractivity contribution in [1.82, 2.24) is 10.3 Å². The van der Waals surface area contributed by atoms with Gasteiger partial charge in [0, 0.05) is 24.9 Å². The van der Waals surface area contributed by atoms with E-state index in [-0.39, 0.29) is 36.2 Å². The predicted molar refractivity (Wildman–Crippen MR) is 108 cm³/mol. The molecule has 1 amide bonds. The van der Waals surface area contributed by atoms with E-state index in [9.17, 15) is 9.59 Å². The Hall–Kier alpha value is -3.65. The molecule has 0 unspecified atom stereocenters. The molecule has 0 aliphatic carbocycles. The second-order valence-electron chi connectivity index (χ2n) is 6.65. The predicted octanol–water partition coefficient (Wildman–Crippen LogP) is 2.20. The van der Waals surface area contributed by atoms with Crippen LogP contribution in [0.15, 0.2) is 59.3 Å². The molecule has 2 heterocycles. The SMILES string of the molecule is Nc1c(C(=O)O)cncc1-c1ccc(CNC(=O)C[C@@H](N)Cc2ccccc2)o1. The first kappa shape index (κ1) is 20.1. The number of carbonyl (C=O) groups excluding carboxylic acids is 1. The summed E-state index contributed by atoms with van der Waals surface area (Å²) in [6.45, 7) is 0.183. The number of aromatic carboxylic acids is 1. The molecule has 6 N–H and O–H groups in total. The number of hydrogen-bond donors (Lipinski definition) is 4. The van der Waals surface area contributed by atoms with Crippen LogP contribution in [0.5, 0.6) is 0 Å². The Balaban J connectivity index is 1.56. The van der Waals surface area contributed by atoms with E-state index < -0.39 is 5.97 Å². The molecule has 0 spiro atoms. The van der Waals surface area contributed by atoms with E-state index in [1.54, 1.807) is 12.1 Å². The van der Waals surface area contributed by atoms with E-state index in [0.717, 1.165) is 5.56 Å². The molecule has 0 fully saturated rings. The quantitative estimate of drug-likeness (QED) is 0.458. The fourth-order valence-electron chi connectivity index (χ4n) is 2.94. The zero-order valence-corrected chi connectivity index (χ0v) is 15.7. The van der Waals surface area contributed by atoms with E-state index >= 15 is 0 Å². The van der Waals surface area contributed by atoms with Gasteiger partial charge in [0.2, 0.25) is 5.91 Å². The third-order valence-electron chi connectivity index (χ3n) is 4.39. The average molecular weight is 394 g/mol. The van der Waals surface area contributed by atoms with Crippen LogP contribution in [0.25, 0.3) is 11.3 Å². The maximum atomic E-state index is 12.1. The van der Waals surface area contributed by atoms with E-state index in [1.807, 2.05) is 30.3 Å². The summed E-state index contributed by atoms with van der Waals surface area (Å²) in [6, 6.07) is 12.8. The van der Waals surface area contributed by atoms with Crippen molar-refractivity contribution in [3.8, 4) is 11.3 Å². The lowest BCUT2D eigenvalue weighted by Gasteiger charge is -2.11. The summed E-state index contributed by atoms with van der Waals surface area (Å²) in [4.78, 5) is 27.2. The van der Waals surface area contributed by atoms with Crippen molar-refractivity contribution in [1.29, 1.82) is 0 Å². The van der Waals surface area contributed by atoms with Gasteiger partial charge in [-0.15, -0.1) is 0 Å². The number of carbonyl (C=O) groups is 2. The zero-order chi connectivity index (χ0) is 20.8. The first-order chi connectivity index (χ1) is 13.9. The molecule has 8 nitrogen and oxygen atoms in total. The minimum atomic E-state index is -1.16. The Morgan fingerprint density at radius 3 is 2.62 bits per heavy atom. The lowest BCUT2D eigenvalue weighted by atomic mass is 10.0. The molecule has 3 aromatic rings. The van der Waals surface area contributed by atoms with Gasteiger partial charge in [0.25, 0.3) is 0 Å². The Morgan fingerprint density at radius 2 is 1.90 bits per heavy atom. The molecule has 0 aliphatic heterocycles. The number of hydrogen-bond acceptors (Lipinski definition) is 6. The highest BCUT2D eigenvalue weighted by Crippen LogP contribution is 2.29. The molecule has 29 heavy (non-hydrogen) atoms. The molecule has 3 rings (SSSR count). The Kier molecular flexibility index (Phi) is 6.25. The topological polar surface area (TPSA) is 144 Å². The van der Waals surface area contributed by atoms with Crippen molar-refractivity contribution in [2.24, 2.45) is 5.73 Å². The molecule has 1 atom stereocenters. The van der Waals surface area contributed by atoms with Gasteiger partial charge in [-0.3, -0.25) is 9.78 Å². The van der Waals surface area contributed by atoms with Crippen molar-refractivity contribution < 1.29 is 19.1 Å². The van der Waals surface area contributed by atoms with Gasteiger partial charge in [-0.2, -0.15) is 0 Å². The number of aromatic nitrogens is 1. The number of furan rings is 1. The molecule has 0 radical (unpaired) electrons. The maximum Gasteiger partial charge on any atom is 0.339 e. The first-order valence-corrected chi connectivity index (χ1v) is 9.06. The standard InChI is InChI=1S/C21H22N4O4/c22-14(8-13-4-2-1-3-5-13)9-19(26)25-10-15-6-7-18(29-15)16-11-24-12-17(20(16)23)21(27)28/h1-7,11-12,14H,8-10,22H2,(H2,23,24)(H,25,26)(H,27,28)/t14-/m0/s1. The van der Waals surface area contributed by atoms with Crippen molar-refractivity contribution in [3.05, 3.63) is 71.7 Å². The van der Waals surface area contributed by atoms with Crippen molar-refractivity contribution in [2.75, 3.05) is 5.73 Å². The number of amides is 1. The van der Waals surface area contributed by atoms with Crippen molar-refractivity contribution >= 4 is 17.6 Å². The molecule has 0 saturated heterocycles. The Labute approximate surface area is 167 Å². The fourth-order valence-corrected chi connectivity index (χ4v) is 2.94. The largest absolute Gasteiger partial charge is 0.478 e. The zero-order valence-electron chi connectivity index (χ0n) is 15.7. The van der Waals surface area contributed by atoms with Crippen LogP contribution in [0.2, 0.25) is 0 Å². The van der Waals surface area contributed by atoms with E-state index in [1.165, 1.54) is 12.4 Å². The van der Waals surface area contributed by atoms with Crippen LogP contribution in [0, 0.1) is 0 Å². The number of nitrogens with zero attached hydrogens (tertiary/aromatic N) is 1. The number of carboxylic acid groups (broad SMARTS) is 1. The van der Waals surface area contributed by atoms with Gasteiger partial charge in [0.15, 0.2) is 0 Å². The highest BCUT2D eigenvalue weighted by Gasteiger charge is 2.16. The number of benzene rings is 1.